The first-order valence-electron chi connectivity index (χ1n) is 7.96. The molecule has 0 saturated carbocycles. The summed E-state index contributed by atoms with van der Waals surface area (Å²) in [6.07, 6.45) is 0. The second kappa shape index (κ2) is 9.73. The van der Waals surface area contributed by atoms with Crippen LogP contribution >= 0.6 is 0 Å². The van der Waals surface area contributed by atoms with Crippen molar-refractivity contribution in [3.05, 3.63) is 0 Å². The highest BCUT2D eigenvalue weighted by molar-refractivity contribution is 4.79. The number of nitrogens with one attached hydrogen (secondary N) is 1. The van der Waals surface area contributed by atoms with Crippen molar-refractivity contribution < 1.29 is 4.74 Å². The fourth-order valence-corrected chi connectivity index (χ4v) is 2.07. The van der Waals surface area contributed by atoms with Gasteiger partial charge in [-0.25, -0.2) is 0 Å². The van der Waals surface area contributed by atoms with Gasteiger partial charge in [-0.15, -0.1) is 0 Å². The fourth-order valence-electron chi connectivity index (χ4n) is 2.07. The van der Waals surface area contributed by atoms with Gasteiger partial charge in [0.05, 0.1) is 6.61 Å². The van der Waals surface area contributed by atoms with Crippen LogP contribution in [0.15, 0.2) is 0 Å². The van der Waals surface area contributed by atoms with Crippen molar-refractivity contribution in [3.8, 4) is 0 Å². The maximum absolute atomic E-state index is 5.27. The van der Waals surface area contributed by atoms with Gasteiger partial charge in [0.15, 0.2) is 0 Å². The molecule has 2 aliphatic heterocycles. The smallest absolute Gasteiger partial charge is 0.0520 e. The summed E-state index contributed by atoms with van der Waals surface area (Å²) < 4.78 is 5.27. The number of nitrogens with zero attached hydrogens (tertiary/aromatic N) is 1. The maximum Gasteiger partial charge on any atom is 0.0520 e. The van der Waals surface area contributed by atoms with Crippen molar-refractivity contribution in [2.45, 2.75) is 54.5 Å². The first kappa shape index (κ1) is 18.9. The Labute approximate surface area is 121 Å². The molecule has 0 aromatic rings. The molecule has 0 spiro atoms. The van der Waals surface area contributed by atoms with E-state index in [-0.39, 0.29) is 0 Å². The molecule has 3 heteroatoms. The van der Waals surface area contributed by atoms with Gasteiger partial charge in [0.1, 0.15) is 0 Å². The Kier molecular flexibility index (Phi) is 9.67. The molecule has 3 nitrogen and oxygen atoms in total. The first-order valence-corrected chi connectivity index (χ1v) is 7.96. The average Bonchev–Trinajstić information content (AvgIpc) is 2.72. The molecule has 2 aliphatic rings. The van der Waals surface area contributed by atoms with Crippen LogP contribution in [0.4, 0.5) is 0 Å². The molecule has 1 atom stereocenters. The van der Waals surface area contributed by atoms with Gasteiger partial charge in [-0.3, -0.25) is 4.90 Å². The molecule has 0 radical (unpaired) electrons. The van der Waals surface area contributed by atoms with Crippen LogP contribution in [0.3, 0.4) is 0 Å². The lowest BCUT2D eigenvalue weighted by Gasteiger charge is -2.30. The highest BCUT2D eigenvalue weighted by Crippen LogP contribution is 2.32. The number of ether oxygens (including phenoxy) is 1. The lowest BCUT2D eigenvalue weighted by Crippen LogP contribution is -2.46. The predicted octanol–water partition coefficient (Wildman–Crippen LogP) is 3.01. The molecule has 0 amide bonds. The van der Waals surface area contributed by atoms with Crippen molar-refractivity contribution in [2.75, 3.05) is 39.4 Å². The Balaban J connectivity index is 0.000000303. The van der Waals surface area contributed by atoms with E-state index >= 15 is 0 Å². The molecule has 2 rings (SSSR count). The zero-order valence-electron chi connectivity index (χ0n) is 14.3. The van der Waals surface area contributed by atoms with E-state index in [1.54, 1.807) is 0 Å². The summed E-state index contributed by atoms with van der Waals surface area (Å²) in [5.41, 5.74) is 0.431. The summed E-state index contributed by atoms with van der Waals surface area (Å²) in [7, 11) is 0. The van der Waals surface area contributed by atoms with Crippen molar-refractivity contribution in [1.29, 1.82) is 0 Å². The summed E-state index contributed by atoms with van der Waals surface area (Å²) in [6, 6.07) is 0.729. The normalized spacial score (nSPS) is 26.2. The van der Waals surface area contributed by atoms with Crippen LogP contribution in [0.5, 0.6) is 0 Å². The van der Waals surface area contributed by atoms with Gasteiger partial charge in [0.25, 0.3) is 0 Å². The van der Waals surface area contributed by atoms with Gasteiger partial charge in [-0.1, -0.05) is 34.6 Å². The van der Waals surface area contributed by atoms with Crippen molar-refractivity contribution in [3.63, 3.8) is 0 Å². The van der Waals surface area contributed by atoms with E-state index in [4.69, 9.17) is 4.74 Å². The van der Waals surface area contributed by atoms with Gasteiger partial charge in [-0.2, -0.15) is 0 Å². The molecule has 2 heterocycles. The topological polar surface area (TPSA) is 24.5 Å². The van der Waals surface area contributed by atoms with Gasteiger partial charge in [0.2, 0.25) is 0 Å². The summed E-state index contributed by atoms with van der Waals surface area (Å²) in [5, 5.41) is 3.33. The third kappa shape index (κ3) is 7.28. The standard InChI is InChI=1S/C7H16N2.C7H14O.C2H6/c1-7(2)9-5-3-8-4-6-9;1-6-4-8-5-7(6,2)3;1-2/h7-8H,3-6H2,1-2H3;6H,4-5H2,1-3H3;1-2H3. The number of hydrogen-bond donors (Lipinski definition) is 1. The molecule has 0 aromatic carbocycles. The molecule has 2 saturated heterocycles. The molecular formula is C16H36N2O. The maximum atomic E-state index is 5.27. The summed E-state index contributed by atoms with van der Waals surface area (Å²) >= 11 is 0. The Morgan fingerprint density at radius 2 is 1.68 bits per heavy atom. The quantitative estimate of drug-likeness (QED) is 0.794. The van der Waals surface area contributed by atoms with E-state index in [0.29, 0.717) is 5.41 Å². The van der Waals surface area contributed by atoms with Crippen LogP contribution in [0.25, 0.3) is 0 Å². The Morgan fingerprint density at radius 1 is 1.16 bits per heavy atom. The summed E-state index contributed by atoms with van der Waals surface area (Å²) in [4.78, 5) is 2.50. The first-order chi connectivity index (χ1) is 8.93. The van der Waals surface area contributed by atoms with Crippen LogP contribution < -0.4 is 5.32 Å². The molecule has 0 aromatic heterocycles. The molecule has 116 valence electrons. The van der Waals surface area contributed by atoms with Crippen LogP contribution in [0, 0.1) is 11.3 Å². The Morgan fingerprint density at radius 3 is 1.89 bits per heavy atom. The number of piperazine rings is 1. The lowest BCUT2D eigenvalue weighted by molar-refractivity contribution is 0.166. The summed E-state index contributed by atoms with van der Waals surface area (Å²) in [5.74, 6) is 0.738. The Bertz CT molecular complexity index is 211. The minimum absolute atomic E-state index is 0.431. The van der Waals surface area contributed by atoms with E-state index in [1.807, 2.05) is 13.8 Å². The van der Waals surface area contributed by atoms with E-state index < -0.39 is 0 Å². The van der Waals surface area contributed by atoms with Crippen LogP contribution in [0.1, 0.15) is 48.5 Å². The van der Waals surface area contributed by atoms with Gasteiger partial charge in [-0.05, 0) is 25.2 Å². The lowest BCUT2D eigenvalue weighted by atomic mass is 9.84. The van der Waals surface area contributed by atoms with Gasteiger partial charge in [0, 0.05) is 38.8 Å². The zero-order valence-corrected chi connectivity index (χ0v) is 14.3. The minimum Gasteiger partial charge on any atom is -0.381 e. The third-order valence-corrected chi connectivity index (χ3v) is 4.06. The molecule has 0 bridgehead atoms. The van der Waals surface area contributed by atoms with Crippen LogP contribution in [0.2, 0.25) is 0 Å². The van der Waals surface area contributed by atoms with Gasteiger partial charge >= 0.3 is 0 Å². The zero-order chi connectivity index (χ0) is 14.9. The van der Waals surface area contributed by atoms with E-state index in [2.05, 4.69) is 44.8 Å². The van der Waals surface area contributed by atoms with E-state index in [9.17, 15) is 0 Å². The highest BCUT2D eigenvalue weighted by Gasteiger charge is 2.31. The van der Waals surface area contributed by atoms with Crippen molar-refractivity contribution in [1.82, 2.24) is 10.2 Å². The minimum atomic E-state index is 0.431. The average molecular weight is 272 g/mol. The van der Waals surface area contributed by atoms with Crippen LogP contribution in [-0.2, 0) is 4.74 Å². The third-order valence-electron chi connectivity index (χ3n) is 4.06. The van der Waals surface area contributed by atoms with E-state index in [0.717, 1.165) is 38.3 Å². The second-order valence-corrected chi connectivity index (χ2v) is 6.28. The van der Waals surface area contributed by atoms with Crippen molar-refractivity contribution >= 4 is 0 Å². The molecule has 2 fully saturated rings. The monoisotopic (exact) mass is 272 g/mol. The fraction of sp³-hybridized carbons (Fsp3) is 1.00. The highest BCUT2D eigenvalue weighted by atomic mass is 16.5. The van der Waals surface area contributed by atoms with Crippen LogP contribution in [-0.4, -0.2) is 50.3 Å². The second-order valence-electron chi connectivity index (χ2n) is 6.28. The molecular weight excluding hydrogens is 236 g/mol. The Hall–Kier alpha value is -0.120. The molecule has 0 aliphatic carbocycles. The van der Waals surface area contributed by atoms with E-state index in [1.165, 1.54) is 13.1 Å². The number of rotatable bonds is 1. The van der Waals surface area contributed by atoms with Gasteiger partial charge < -0.3 is 10.1 Å². The largest absolute Gasteiger partial charge is 0.381 e. The molecule has 19 heavy (non-hydrogen) atoms. The summed E-state index contributed by atoms with van der Waals surface area (Å²) in [6.45, 7) is 21.9. The van der Waals surface area contributed by atoms with Crippen molar-refractivity contribution in [2.24, 2.45) is 11.3 Å². The molecule has 1 N–H and O–H groups in total. The predicted molar refractivity (Wildman–Crippen MR) is 84.7 cm³/mol. The SMILES string of the molecule is CC.CC(C)N1CCNCC1.CC1COCC1(C)C. The number of hydrogen-bond acceptors (Lipinski definition) is 3. The molecule has 1 unspecified atom stereocenters.